The summed E-state index contributed by atoms with van der Waals surface area (Å²) < 4.78 is 28.3. The largest absolute Gasteiger partial charge is 0.476 e. The first-order chi connectivity index (χ1) is 8.99. The van der Waals surface area contributed by atoms with E-state index in [4.69, 9.17) is 15.4 Å². The monoisotopic (exact) mass is 305 g/mol. The number of pyridine rings is 1. The highest BCUT2D eigenvalue weighted by Gasteiger charge is 2.18. The first-order valence-electron chi connectivity index (χ1n) is 6.51. The summed E-state index contributed by atoms with van der Waals surface area (Å²) in [5, 5.41) is 0. The summed E-state index contributed by atoms with van der Waals surface area (Å²) in [6.45, 7) is 4.71. The molecule has 0 saturated carbocycles. The van der Waals surface area contributed by atoms with E-state index < -0.39 is 9.05 Å². The SMILES string of the molecule is CCCCC(CC)COc1ncccc1S(=O)(=O)Cl. The average Bonchev–Trinajstić information content (AvgIpc) is 2.38. The first kappa shape index (κ1) is 16.2. The molecule has 0 aliphatic rings. The second-order valence-corrected chi connectivity index (χ2v) is 7.01. The molecule has 0 bridgehead atoms. The van der Waals surface area contributed by atoms with E-state index in [2.05, 4.69) is 18.8 Å². The number of rotatable bonds is 8. The molecule has 0 aliphatic heterocycles. The van der Waals surface area contributed by atoms with Crippen molar-refractivity contribution in [2.75, 3.05) is 6.61 Å². The van der Waals surface area contributed by atoms with E-state index in [1.54, 1.807) is 0 Å². The lowest BCUT2D eigenvalue weighted by molar-refractivity contribution is 0.220. The van der Waals surface area contributed by atoms with E-state index in [0.29, 0.717) is 12.5 Å². The highest BCUT2D eigenvalue weighted by atomic mass is 35.7. The highest BCUT2D eigenvalue weighted by Crippen LogP contribution is 2.25. The van der Waals surface area contributed by atoms with Crippen LogP contribution in [0.4, 0.5) is 0 Å². The Morgan fingerprint density at radius 2 is 2.16 bits per heavy atom. The van der Waals surface area contributed by atoms with Gasteiger partial charge in [-0.2, -0.15) is 0 Å². The van der Waals surface area contributed by atoms with Gasteiger partial charge in [0.05, 0.1) is 6.61 Å². The van der Waals surface area contributed by atoms with Gasteiger partial charge in [0, 0.05) is 16.9 Å². The molecule has 0 N–H and O–H groups in total. The smallest absolute Gasteiger partial charge is 0.266 e. The summed E-state index contributed by atoms with van der Waals surface area (Å²) >= 11 is 0. The van der Waals surface area contributed by atoms with Crippen molar-refractivity contribution in [3.8, 4) is 5.88 Å². The van der Waals surface area contributed by atoms with Gasteiger partial charge in [-0.05, 0) is 24.5 Å². The molecule has 19 heavy (non-hydrogen) atoms. The van der Waals surface area contributed by atoms with Crippen molar-refractivity contribution in [2.45, 2.75) is 44.4 Å². The van der Waals surface area contributed by atoms with Crippen molar-refractivity contribution in [2.24, 2.45) is 5.92 Å². The number of hydrogen-bond donors (Lipinski definition) is 0. The topological polar surface area (TPSA) is 56.3 Å². The third-order valence-electron chi connectivity index (χ3n) is 3.00. The fourth-order valence-corrected chi connectivity index (χ4v) is 2.68. The molecule has 0 radical (unpaired) electrons. The molecule has 1 rings (SSSR count). The minimum Gasteiger partial charge on any atom is -0.476 e. The number of nitrogens with zero attached hydrogens (tertiary/aromatic N) is 1. The molecule has 0 aromatic carbocycles. The molecule has 0 aliphatic carbocycles. The fourth-order valence-electron chi connectivity index (χ4n) is 1.76. The van der Waals surface area contributed by atoms with Crippen molar-refractivity contribution in [1.29, 1.82) is 0 Å². The van der Waals surface area contributed by atoms with Gasteiger partial charge in [-0.3, -0.25) is 0 Å². The summed E-state index contributed by atoms with van der Waals surface area (Å²) in [6.07, 6.45) is 5.85. The maximum atomic E-state index is 11.4. The van der Waals surface area contributed by atoms with Gasteiger partial charge >= 0.3 is 0 Å². The van der Waals surface area contributed by atoms with Crippen molar-refractivity contribution in [3.63, 3.8) is 0 Å². The Kier molecular flexibility index (Phi) is 6.58. The molecular formula is C13H20ClNO3S. The summed E-state index contributed by atoms with van der Waals surface area (Å²) in [4.78, 5) is 3.88. The van der Waals surface area contributed by atoms with Gasteiger partial charge in [0.2, 0.25) is 5.88 Å². The molecule has 4 nitrogen and oxygen atoms in total. The maximum Gasteiger partial charge on any atom is 0.266 e. The summed E-state index contributed by atoms with van der Waals surface area (Å²) in [5.74, 6) is 0.500. The predicted molar refractivity (Wildman–Crippen MR) is 76.1 cm³/mol. The number of unbranched alkanes of at least 4 members (excludes halogenated alkanes) is 1. The van der Waals surface area contributed by atoms with Crippen LogP contribution in [0.1, 0.15) is 39.5 Å². The Hall–Kier alpha value is -0.810. The number of halogens is 1. The van der Waals surface area contributed by atoms with Gasteiger partial charge in [0.25, 0.3) is 9.05 Å². The molecule has 0 spiro atoms. The average molecular weight is 306 g/mol. The molecule has 0 amide bonds. The minimum atomic E-state index is -3.82. The first-order valence-corrected chi connectivity index (χ1v) is 8.82. The van der Waals surface area contributed by atoms with E-state index in [9.17, 15) is 8.42 Å². The van der Waals surface area contributed by atoms with E-state index in [1.807, 2.05) is 0 Å². The van der Waals surface area contributed by atoms with E-state index in [0.717, 1.165) is 25.7 Å². The van der Waals surface area contributed by atoms with Gasteiger partial charge in [0.15, 0.2) is 0 Å². The van der Waals surface area contributed by atoms with Gasteiger partial charge in [-0.25, -0.2) is 13.4 Å². The van der Waals surface area contributed by atoms with Crippen molar-refractivity contribution < 1.29 is 13.2 Å². The lowest BCUT2D eigenvalue weighted by Crippen LogP contribution is -2.13. The van der Waals surface area contributed by atoms with Crippen LogP contribution in [0.2, 0.25) is 0 Å². The van der Waals surface area contributed by atoms with Crippen LogP contribution in [-0.2, 0) is 9.05 Å². The van der Waals surface area contributed by atoms with E-state index >= 15 is 0 Å². The fraction of sp³-hybridized carbons (Fsp3) is 0.615. The van der Waals surface area contributed by atoms with Gasteiger partial charge < -0.3 is 4.74 Å². The van der Waals surface area contributed by atoms with Crippen molar-refractivity contribution in [3.05, 3.63) is 18.3 Å². The minimum absolute atomic E-state index is 0.0676. The molecule has 0 fully saturated rings. The van der Waals surface area contributed by atoms with Crippen LogP contribution in [0.3, 0.4) is 0 Å². The normalized spacial score (nSPS) is 13.2. The molecule has 1 heterocycles. The lowest BCUT2D eigenvalue weighted by Gasteiger charge is -2.15. The van der Waals surface area contributed by atoms with Crippen LogP contribution >= 0.6 is 10.7 Å². The van der Waals surface area contributed by atoms with Gasteiger partial charge in [-0.15, -0.1) is 0 Å². The molecule has 1 aromatic heterocycles. The Labute approximate surface area is 119 Å². The molecule has 1 atom stereocenters. The van der Waals surface area contributed by atoms with Crippen LogP contribution in [0.25, 0.3) is 0 Å². The lowest BCUT2D eigenvalue weighted by atomic mass is 10.0. The van der Waals surface area contributed by atoms with Crippen molar-refractivity contribution >= 4 is 19.7 Å². The number of hydrogen-bond acceptors (Lipinski definition) is 4. The van der Waals surface area contributed by atoms with Crippen LogP contribution in [-0.4, -0.2) is 20.0 Å². The van der Waals surface area contributed by atoms with Gasteiger partial charge in [0.1, 0.15) is 4.90 Å². The zero-order valence-corrected chi connectivity index (χ0v) is 12.9. The van der Waals surface area contributed by atoms with Gasteiger partial charge in [-0.1, -0.05) is 33.1 Å². The van der Waals surface area contributed by atoms with Crippen LogP contribution < -0.4 is 4.74 Å². The van der Waals surface area contributed by atoms with E-state index in [-0.39, 0.29) is 10.8 Å². The Bertz CT molecular complexity index is 490. The Balaban J connectivity index is 2.72. The van der Waals surface area contributed by atoms with Crippen molar-refractivity contribution in [1.82, 2.24) is 4.98 Å². The molecular weight excluding hydrogens is 286 g/mol. The molecule has 108 valence electrons. The van der Waals surface area contributed by atoms with Crippen LogP contribution in [0, 0.1) is 5.92 Å². The highest BCUT2D eigenvalue weighted by molar-refractivity contribution is 8.13. The maximum absolute atomic E-state index is 11.4. The van der Waals surface area contributed by atoms with Crippen LogP contribution in [0.15, 0.2) is 23.2 Å². The summed E-state index contributed by atoms with van der Waals surface area (Å²) in [7, 11) is 1.53. The predicted octanol–water partition coefficient (Wildman–Crippen LogP) is 3.60. The second kappa shape index (κ2) is 7.70. The molecule has 1 unspecified atom stereocenters. The Morgan fingerprint density at radius 3 is 2.74 bits per heavy atom. The molecule has 6 heteroatoms. The van der Waals surface area contributed by atoms with E-state index in [1.165, 1.54) is 18.3 Å². The third kappa shape index (κ3) is 5.37. The second-order valence-electron chi connectivity index (χ2n) is 4.47. The summed E-state index contributed by atoms with van der Waals surface area (Å²) in [5.41, 5.74) is 0. The van der Waals surface area contributed by atoms with Crippen LogP contribution in [0.5, 0.6) is 5.88 Å². The zero-order valence-electron chi connectivity index (χ0n) is 11.3. The quantitative estimate of drug-likeness (QED) is 0.689. The number of ether oxygens (including phenoxy) is 1. The molecule has 0 saturated heterocycles. The molecule has 1 aromatic rings. The number of aromatic nitrogens is 1. The summed E-state index contributed by atoms with van der Waals surface area (Å²) in [6, 6.07) is 2.92. The standard InChI is InChI=1S/C13H20ClNO3S/c1-3-5-7-11(4-2)10-18-13-12(19(14,16)17)8-6-9-15-13/h6,8-9,11H,3-5,7,10H2,1-2H3. The third-order valence-corrected chi connectivity index (χ3v) is 4.33. The Morgan fingerprint density at radius 1 is 1.42 bits per heavy atom. The zero-order chi connectivity index (χ0) is 14.3.